The van der Waals surface area contributed by atoms with Crippen molar-refractivity contribution in [2.24, 2.45) is 5.92 Å². The molecule has 0 N–H and O–H groups in total. The van der Waals surface area contributed by atoms with Gasteiger partial charge in [-0.2, -0.15) is 0 Å². The fourth-order valence-electron chi connectivity index (χ4n) is 2.67. The molecular weight excluding hydrogens is 362 g/mol. The number of nitrogens with zero attached hydrogens (tertiary/aromatic N) is 1. The molecule has 2 unspecified atom stereocenters. The molecule has 1 heterocycles. The molecule has 0 radical (unpaired) electrons. The maximum Gasteiger partial charge on any atom is 0.410 e. The summed E-state index contributed by atoms with van der Waals surface area (Å²) in [7, 11) is 1.69. The van der Waals surface area contributed by atoms with Gasteiger partial charge < -0.3 is 19.1 Å². The molecule has 1 aliphatic heterocycles. The summed E-state index contributed by atoms with van der Waals surface area (Å²) < 4.78 is 17.2. The fourth-order valence-corrected chi connectivity index (χ4v) is 3.25. The van der Waals surface area contributed by atoms with E-state index in [0.29, 0.717) is 30.9 Å². The van der Waals surface area contributed by atoms with Gasteiger partial charge in [-0.1, -0.05) is 29.8 Å². The van der Waals surface area contributed by atoms with Gasteiger partial charge in [-0.05, 0) is 39.5 Å². The normalized spacial score (nSPS) is 23.9. The summed E-state index contributed by atoms with van der Waals surface area (Å²) >= 11 is 3.59. The van der Waals surface area contributed by atoms with Crippen LogP contribution in [-0.2, 0) is 14.2 Å². The Balaban J connectivity index is 2.79. The number of piperidine rings is 1. The number of carbonyl (C=O) groups is 1. The molecule has 6 heteroatoms. The summed E-state index contributed by atoms with van der Waals surface area (Å²) in [5, 5.41) is 0.687. The van der Waals surface area contributed by atoms with Crippen LogP contribution in [0.5, 0.6) is 0 Å². The molecule has 136 valence electrons. The SMILES string of the molecule is COCC(OC1(CBr)CCCN(C(=O)OC(C)(C)C)C1)C(C)C. The van der Waals surface area contributed by atoms with Crippen LogP contribution in [0.3, 0.4) is 0 Å². The van der Waals surface area contributed by atoms with Crippen molar-refractivity contribution in [1.29, 1.82) is 0 Å². The molecule has 23 heavy (non-hydrogen) atoms. The number of ether oxygens (including phenoxy) is 3. The minimum Gasteiger partial charge on any atom is -0.444 e. The summed E-state index contributed by atoms with van der Waals surface area (Å²) in [6, 6.07) is 0. The van der Waals surface area contributed by atoms with Crippen molar-refractivity contribution in [2.75, 3.05) is 32.1 Å². The van der Waals surface area contributed by atoms with Gasteiger partial charge in [-0.3, -0.25) is 0 Å². The second-order valence-electron chi connectivity index (χ2n) is 7.68. The van der Waals surface area contributed by atoms with E-state index in [1.54, 1.807) is 12.0 Å². The van der Waals surface area contributed by atoms with Crippen molar-refractivity contribution in [3.05, 3.63) is 0 Å². The third-order valence-corrected chi connectivity index (χ3v) is 4.93. The first-order valence-electron chi connectivity index (χ1n) is 8.33. The molecule has 2 atom stereocenters. The van der Waals surface area contributed by atoms with Gasteiger partial charge in [0.05, 0.1) is 24.9 Å². The van der Waals surface area contributed by atoms with E-state index in [1.165, 1.54) is 0 Å². The Labute approximate surface area is 149 Å². The van der Waals surface area contributed by atoms with Crippen LogP contribution in [0.4, 0.5) is 4.79 Å². The number of amides is 1. The van der Waals surface area contributed by atoms with Crippen LogP contribution in [0.1, 0.15) is 47.5 Å². The van der Waals surface area contributed by atoms with Crippen molar-refractivity contribution in [2.45, 2.75) is 64.8 Å². The van der Waals surface area contributed by atoms with Crippen molar-refractivity contribution < 1.29 is 19.0 Å². The first kappa shape index (κ1) is 20.7. The van der Waals surface area contributed by atoms with E-state index >= 15 is 0 Å². The molecule has 5 nitrogen and oxygen atoms in total. The predicted molar refractivity (Wildman–Crippen MR) is 95.2 cm³/mol. The topological polar surface area (TPSA) is 48.0 Å². The lowest BCUT2D eigenvalue weighted by Gasteiger charge is -2.44. The van der Waals surface area contributed by atoms with Gasteiger partial charge in [0.1, 0.15) is 5.60 Å². The summed E-state index contributed by atoms with van der Waals surface area (Å²) in [5.41, 5.74) is -0.869. The van der Waals surface area contributed by atoms with Crippen LogP contribution in [-0.4, -0.2) is 60.4 Å². The lowest BCUT2D eigenvalue weighted by Crippen LogP contribution is -2.55. The highest BCUT2D eigenvalue weighted by atomic mass is 79.9. The molecule has 1 amide bonds. The van der Waals surface area contributed by atoms with E-state index < -0.39 is 5.60 Å². The van der Waals surface area contributed by atoms with Gasteiger partial charge in [0, 0.05) is 19.0 Å². The number of likely N-dealkylation sites (tertiary alicyclic amines) is 1. The number of hydrogen-bond acceptors (Lipinski definition) is 4. The van der Waals surface area contributed by atoms with Crippen molar-refractivity contribution in [1.82, 2.24) is 4.90 Å². The molecule has 0 aliphatic carbocycles. The average Bonchev–Trinajstić information content (AvgIpc) is 2.45. The molecule has 0 aromatic carbocycles. The second kappa shape index (κ2) is 8.67. The van der Waals surface area contributed by atoms with Gasteiger partial charge in [-0.25, -0.2) is 4.79 Å². The van der Waals surface area contributed by atoms with Gasteiger partial charge >= 0.3 is 6.09 Å². The third-order valence-electron chi connectivity index (χ3n) is 3.91. The summed E-state index contributed by atoms with van der Waals surface area (Å²) in [5.74, 6) is 0.350. The summed E-state index contributed by atoms with van der Waals surface area (Å²) in [6.07, 6.45) is 1.57. The lowest BCUT2D eigenvalue weighted by molar-refractivity contribution is -0.142. The Kier molecular flexibility index (Phi) is 7.81. The zero-order valence-electron chi connectivity index (χ0n) is 15.4. The number of hydrogen-bond donors (Lipinski definition) is 0. The zero-order chi connectivity index (χ0) is 17.7. The van der Waals surface area contributed by atoms with Crippen molar-refractivity contribution >= 4 is 22.0 Å². The van der Waals surface area contributed by atoms with Gasteiger partial charge in [0.15, 0.2) is 0 Å². The number of methoxy groups -OCH3 is 1. The maximum atomic E-state index is 12.4. The monoisotopic (exact) mass is 393 g/mol. The Bertz CT molecular complexity index is 383. The Morgan fingerprint density at radius 1 is 1.35 bits per heavy atom. The van der Waals surface area contributed by atoms with Crippen LogP contribution in [0.2, 0.25) is 0 Å². The summed E-state index contributed by atoms with van der Waals surface area (Å²) in [6.45, 7) is 11.7. The minimum absolute atomic E-state index is 0.0103. The predicted octanol–water partition coefficient (Wildman–Crippen LogP) is 3.84. The van der Waals surface area contributed by atoms with Crippen LogP contribution in [0, 0.1) is 5.92 Å². The molecule has 0 spiro atoms. The number of halogens is 1. The van der Waals surface area contributed by atoms with Gasteiger partial charge in [0.2, 0.25) is 0 Å². The van der Waals surface area contributed by atoms with Crippen LogP contribution < -0.4 is 0 Å². The third kappa shape index (κ3) is 6.59. The smallest absolute Gasteiger partial charge is 0.410 e. The molecule has 0 aromatic heterocycles. The first-order valence-corrected chi connectivity index (χ1v) is 9.45. The number of alkyl halides is 1. The van der Waals surface area contributed by atoms with E-state index in [2.05, 4.69) is 29.8 Å². The van der Waals surface area contributed by atoms with E-state index in [1.807, 2.05) is 20.8 Å². The van der Waals surface area contributed by atoms with Crippen LogP contribution in [0.25, 0.3) is 0 Å². The molecule has 1 aliphatic rings. The minimum atomic E-state index is -0.483. The maximum absolute atomic E-state index is 12.4. The average molecular weight is 394 g/mol. The standard InChI is InChI=1S/C17H32BrNO4/c1-13(2)14(10-21-6)22-17(11-18)8-7-9-19(12-17)15(20)23-16(3,4)5/h13-14H,7-12H2,1-6H3. The molecule has 0 saturated carbocycles. The molecule has 0 bridgehead atoms. The second-order valence-corrected chi connectivity index (χ2v) is 8.24. The Hall–Kier alpha value is -0.330. The van der Waals surface area contributed by atoms with Gasteiger partial charge in [0.25, 0.3) is 0 Å². The molecular formula is C17H32BrNO4. The molecule has 1 saturated heterocycles. The fraction of sp³-hybridized carbons (Fsp3) is 0.941. The molecule has 1 fully saturated rings. The van der Waals surface area contributed by atoms with Crippen molar-refractivity contribution in [3.8, 4) is 0 Å². The highest BCUT2D eigenvalue weighted by Gasteiger charge is 2.40. The summed E-state index contributed by atoms with van der Waals surface area (Å²) in [4.78, 5) is 14.1. The Morgan fingerprint density at radius 2 is 2.00 bits per heavy atom. The van der Waals surface area contributed by atoms with Gasteiger partial charge in [-0.15, -0.1) is 0 Å². The van der Waals surface area contributed by atoms with E-state index in [0.717, 1.165) is 12.8 Å². The number of carbonyl (C=O) groups excluding carboxylic acids is 1. The zero-order valence-corrected chi connectivity index (χ0v) is 16.9. The largest absolute Gasteiger partial charge is 0.444 e. The lowest BCUT2D eigenvalue weighted by atomic mass is 9.93. The highest BCUT2D eigenvalue weighted by molar-refractivity contribution is 9.09. The number of rotatable bonds is 6. The van der Waals surface area contributed by atoms with E-state index in [9.17, 15) is 4.79 Å². The van der Waals surface area contributed by atoms with Crippen LogP contribution in [0.15, 0.2) is 0 Å². The molecule has 0 aromatic rings. The van der Waals surface area contributed by atoms with Crippen molar-refractivity contribution in [3.63, 3.8) is 0 Å². The highest BCUT2D eigenvalue weighted by Crippen LogP contribution is 2.31. The van der Waals surface area contributed by atoms with Crippen LogP contribution >= 0.6 is 15.9 Å². The Morgan fingerprint density at radius 3 is 2.48 bits per heavy atom. The quantitative estimate of drug-likeness (QED) is 0.643. The molecule has 1 rings (SSSR count). The van der Waals surface area contributed by atoms with E-state index in [4.69, 9.17) is 14.2 Å². The van der Waals surface area contributed by atoms with E-state index in [-0.39, 0.29) is 17.8 Å². The first-order chi connectivity index (χ1) is 10.6.